The van der Waals surface area contributed by atoms with Gasteiger partial charge in [-0.15, -0.1) is 0 Å². The number of hydrogen-bond donors (Lipinski definition) is 0. The molecular weight excluding hydrogens is 353 g/mol. The molecule has 2 aromatic rings. The van der Waals surface area contributed by atoms with Gasteiger partial charge in [0, 0.05) is 18.7 Å². The van der Waals surface area contributed by atoms with Crippen LogP contribution in [0.1, 0.15) is 17.5 Å². The molecule has 0 saturated carbocycles. The molecule has 1 atom stereocenters. The van der Waals surface area contributed by atoms with Crippen LogP contribution in [0.3, 0.4) is 0 Å². The van der Waals surface area contributed by atoms with E-state index in [9.17, 15) is 17.6 Å². The third kappa shape index (κ3) is 4.79. The molecular formula is C20H20FNO3S. The average Bonchev–Trinajstić information content (AvgIpc) is 2.99. The Morgan fingerprint density at radius 1 is 1.12 bits per heavy atom. The molecule has 1 aliphatic rings. The third-order valence-corrected chi connectivity index (χ3v) is 6.17. The first-order valence-corrected chi connectivity index (χ1v) is 10.2. The molecule has 26 heavy (non-hydrogen) atoms. The van der Waals surface area contributed by atoms with Gasteiger partial charge >= 0.3 is 0 Å². The predicted octanol–water partition coefficient (Wildman–Crippen LogP) is 3.05. The Kier molecular flexibility index (Phi) is 5.52. The number of rotatable bonds is 5. The maximum absolute atomic E-state index is 13.1. The summed E-state index contributed by atoms with van der Waals surface area (Å²) in [7, 11) is -3.12. The highest BCUT2D eigenvalue weighted by atomic mass is 32.2. The second kappa shape index (κ2) is 7.83. The zero-order chi connectivity index (χ0) is 18.6. The number of benzene rings is 2. The number of nitrogens with zero attached hydrogens (tertiary/aromatic N) is 1. The molecule has 0 aliphatic carbocycles. The monoisotopic (exact) mass is 373 g/mol. The van der Waals surface area contributed by atoms with Crippen LogP contribution in [0, 0.1) is 5.82 Å². The summed E-state index contributed by atoms with van der Waals surface area (Å²) < 4.78 is 36.8. The second-order valence-corrected chi connectivity index (χ2v) is 8.62. The first-order valence-electron chi connectivity index (χ1n) is 8.41. The van der Waals surface area contributed by atoms with Crippen LogP contribution in [0.4, 0.5) is 4.39 Å². The van der Waals surface area contributed by atoms with E-state index in [-0.39, 0.29) is 35.8 Å². The van der Waals surface area contributed by atoms with E-state index in [2.05, 4.69) is 0 Å². The van der Waals surface area contributed by atoms with E-state index in [0.717, 1.165) is 11.1 Å². The smallest absolute Gasteiger partial charge is 0.247 e. The summed E-state index contributed by atoms with van der Waals surface area (Å²) in [5.41, 5.74) is 1.65. The van der Waals surface area contributed by atoms with Crippen molar-refractivity contribution in [3.8, 4) is 0 Å². The highest BCUT2D eigenvalue weighted by Crippen LogP contribution is 2.21. The molecule has 1 unspecified atom stereocenters. The van der Waals surface area contributed by atoms with E-state index >= 15 is 0 Å². The molecule has 6 heteroatoms. The highest BCUT2D eigenvalue weighted by Gasteiger charge is 2.34. The van der Waals surface area contributed by atoms with Crippen LogP contribution in [0.5, 0.6) is 0 Å². The van der Waals surface area contributed by atoms with E-state index in [0.29, 0.717) is 6.42 Å². The van der Waals surface area contributed by atoms with Crippen molar-refractivity contribution in [3.05, 3.63) is 77.6 Å². The number of sulfone groups is 1. The lowest BCUT2D eigenvalue weighted by Gasteiger charge is -2.27. The maximum Gasteiger partial charge on any atom is 0.247 e. The summed E-state index contributed by atoms with van der Waals surface area (Å²) in [5, 5.41) is 0. The molecule has 0 aromatic heterocycles. The summed E-state index contributed by atoms with van der Waals surface area (Å²) in [6.07, 6.45) is 3.60. The quantitative estimate of drug-likeness (QED) is 0.757. The molecule has 2 aromatic carbocycles. The first kappa shape index (κ1) is 18.3. The minimum atomic E-state index is -3.12. The summed E-state index contributed by atoms with van der Waals surface area (Å²) in [5.74, 6) is -0.536. The van der Waals surface area contributed by atoms with Gasteiger partial charge in [-0.05, 0) is 35.8 Å². The second-order valence-electron chi connectivity index (χ2n) is 6.39. The van der Waals surface area contributed by atoms with Crippen molar-refractivity contribution in [2.24, 2.45) is 0 Å². The molecule has 1 saturated heterocycles. The van der Waals surface area contributed by atoms with E-state index < -0.39 is 9.84 Å². The molecule has 0 radical (unpaired) electrons. The van der Waals surface area contributed by atoms with Crippen molar-refractivity contribution in [3.63, 3.8) is 0 Å². The van der Waals surface area contributed by atoms with Crippen molar-refractivity contribution < 1.29 is 17.6 Å². The van der Waals surface area contributed by atoms with Gasteiger partial charge in [-0.3, -0.25) is 4.79 Å². The molecule has 0 spiro atoms. The van der Waals surface area contributed by atoms with Gasteiger partial charge in [0.2, 0.25) is 5.91 Å². The van der Waals surface area contributed by atoms with Crippen LogP contribution in [0.2, 0.25) is 0 Å². The molecule has 1 heterocycles. The Hall–Kier alpha value is -2.47. The lowest BCUT2D eigenvalue weighted by Crippen LogP contribution is -2.39. The summed E-state index contributed by atoms with van der Waals surface area (Å²) in [4.78, 5) is 14.3. The minimum absolute atomic E-state index is 0.0287. The number of hydrogen-bond acceptors (Lipinski definition) is 3. The van der Waals surface area contributed by atoms with E-state index in [1.54, 1.807) is 23.1 Å². The van der Waals surface area contributed by atoms with Gasteiger partial charge in [0.25, 0.3) is 0 Å². The van der Waals surface area contributed by atoms with Crippen LogP contribution >= 0.6 is 0 Å². The minimum Gasteiger partial charge on any atom is -0.331 e. The van der Waals surface area contributed by atoms with Crippen molar-refractivity contribution in [1.29, 1.82) is 0 Å². The van der Waals surface area contributed by atoms with Gasteiger partial charge in [-0.2, -0.15) is 0 Å². The lowest BCUT2D eigenvalue weighted by molar-refractivity contribution is -0.128. The fourth-order valence-corrected chi connectivity index (χ4v) is 4.75. The summed E-state index contributed by atoms with van der Waals surface area (Å²) in [6.45, 7) is 0.248. The predicted molar refractivity (Wildman–Crippen MR) is 99.5 cm³/mol. The molecule has 0 bridgehead atoms. The van der Waals surface area contributed by atoms with E-state index in [1.807, 2.05) is 30.3 Å². The van der Waals surface area contributed by atoms with Crippen LogP contribution in [-0.4, -0.2) is 36.8 Å². The Labute approximate surface area is 152 Å². The third-order valence-electron chi connectivity index (χ3n) is 4.42. The van der Waals surface area contributed by atoms with Crippen molar-refractivity contribution in [2.75, 3.05) is 11.5 Å². The Morgan fingerprint density at radius 3 is 2.42 bits per heavy atom. The number of carbonyl (C=O) groups excluding carboxylic acids is 1. The Balaban J connectivity index is 1.81. The summed E-state index contributed by atoms with van der Waals surface area (Å²) in [6, 6.07) is 14.9. The SMILES string of the molecule is O=C(/C=C/c1ccccc1)N(Cc1ccc(F)cc1)C1CCS(=O)(=O)C1. The molecule has 1 aliphatic heterocycles. The average molecular weight is 373 g/mol. The molecule has 3 rings (SSSR count). The fourth-order valence-electron chi connectivity index (χ4n) is 3.02. The van der Waals surface area contributed by atoms with E-state index in [4.69, 9.17) is 0 Å². The van der Waals surface area contributed by atoms with Gasteiger partial charge in [-0.25, -0.2) is 12.8 Å². The topological polar surface area (TPSA) is 54.5 Å². The van der Waals surface area contributed by atoms with Crippen LogP contribution in [0.25, 0.3) is 6.08 Å². The summed E-state index contributed by atoms with van der Waals surface area (Å²) >= 11 is 0. The van der Waals surface area contributed by atoms with Gasteiger partial charge < -0.3 is 4.90 Å². The Morgan fingerprint density at radius 2 is 1.81 bits per heavy atom. The lowest BCUT2D eigenvalue weighted by atomic mass is 10.1. The van der Waals surface area contributed by atoms with Gasteiger partial charge in [0.15, 0.2) is 9.84 Å². The van der Waals surface area contributed by atoms with Crippen molar-refractivity contribution >= 4 is 21.8 Å². The molecule has 0 N–H and O–H groups in total. The zero-order valence-electron chi connectivity index (χ0n) is 14.2. The first-order chi connectivity index (χ1) is 12.4. The van der Waals surface area contributed by atoms with Gasteiger partial charge in [0.1, 0.15) is 5.82 Å². The number of carbonyl (C=O) groups is 1. The standard InChI is InChI=1S/C20H20FNO3S/c21-18-9-6-17(7-10-18)14-22(19-12-13-26(24,25)15-19)20(23)11-8-16-4-2-1-3-5-16/h1-11,19H,12-15H2/b11-8+. The van der Waals surface area contributed by atoms with Crippen LogP contribution in [-0.2, 0) is 21.2 Å². The van der Waals surface area contributed by atoms with Crippen molar-refractivity contribution in [1.82, 2.24) is 4.90 Å². The molecule has 136 valence electrons. The molecule has 1 amide bonds. The number of amides is 1. The Bertz CT molecular complexity index is 892. The molecule has 1 fully saturated rings. The van der Waals surface area contributed by atoms with Crippen LogP contribution in [0.15, 0.2) is 60.7 Å². The normalized spacial score (nSPS) is 18.9. The van der Waals surface area contributed by atoms with Gasteiger partial charge in [-0.1, -0.05) is 42.5 Å². The van der Waals surface area contributed by atoms with Crippen LogP contribution < -0.4 is 0 Å². The van der Waals surface area contributed by atoms with E-state index in [1.165, 1.54) is 18.2 Å². The largest absolute Gasteiger partial charge is 0.331 e. The van der Waals surface area contributed by atoms with Crippen molar-refractivity contribution in [2.45, 2.75) is 19.0 Å². The molecule has 4 nitrogen and oxygen atoms in total. The van der Waals surface area contributed by atoms with Gasteiger partial charge in [0.05, 0.1) is 11.5 Å². The zero-order valence-corrected chi connectivity index (χ0v) is 15.0. The highest BCUT2D eigenvalue weighted by molar-refractivity contribution is 7.91. The maximum atomic E-state index is 13.1. The fraction of sp³-hybridized carbons (Fsp3) is 0.250. The number of halogens is 1.